The molecule has 1 saturated heterocycles. The molecule has 198 valence electrons. The molecule has 0 atom stereocenters. The number of rotatable bonds is 5. The Morgan fingerprint density at radius 2 is 1.65 bits per heavy atom. The maximum atomic E-state index is 13.9. The van der Waals surface area contributed by atoms with Gasteiger partial charge in [-0.25, -0.2) is 4.99 Å². The van der Waals surface area contributed by atoms with E-state index in [2.05, 4.69) is 22.3 Å². The summed E-state index contributed by atoms with van der Waals surface area (Å²) in [6.07, 6.45) is 0. The predicted molar refractivity (Wildman–Crippen MR) is 165 cm³/mol. The van der Waals surface area contributed by atoms with E-state index in [-0.39, 0.29) is 11.8 Å². The molecule has 2 amide bonds. The average molecular weight is 563 g/mol. The summed E-state index contributed by atoms with van der Waals surface area (Å²) < 4.78 is 0. The minimum absolute atomic E-state index is 0.0707. The molecule has 1 fully saturated rings. The first-order chi connectivity index (χ1) is 19.5. The Bertz CT molecular complexity index is 1680. The molecule has 0 aliphatic carbocycles. The molecule has 2 aliphatic rings. The maximum Gasteiger partial charge on any atom is 0.269 e. The summed E-state index contributed by atoms with van der Waals surface area (Å²) in [7, 11) is 1.99. The molecule has 6 nitrogen and oxygen atoms in total. The van der Waals surface area contributed by atoms with Crippen molar-refractivity contribution in [1.29, 1.82) is 0 Å². The smallest absolute Gasteiger partial charge is 0.269 e. The fourth-order valence-electron chi connectivity index (χ4n) is 4.58. The number of benzene rings is 4. The fourth-order valence-corrected chi connectivity index (χ4v) is 6.92. The number of hydrogen-bond donors (Lipinski definition) is 1. The van der Waals surface area contributed by atoms with Crippen LogP contribution in [0.2, 0.25) is 0 Å². The average Bonchev–Trinajstić information content (AvgIpc) is 3.45. The molecule has 1 N–H and O–H groups in total. The van der Waals surface area contributed by atoms with Crippen molar-refractivity contribution in [3.63, 3.8) is 0 Å². The molecule has 0 saturated carbocycles. The molecule has 0 aromatic heterocycles. The molecule has 0 radical (unpaired) electrons. The Morgan fingerprint density at radius 3 is 2.45 bits per heavy atom. The van der Waals surface area contributed by atoms with Gasteiger partial charge in [-0.2, -0.15) is 0 Å². The molecular weight excluding hydrogens is 537 g/mol. The first kappa shape index (κ1) is 26.0. The fraction of sp³-hybridized carbons (Fsp3) is 0.0938. The lowest BCUT2D eigenvalue weighted by Gasteiger charge is -2.17. The topological polar surface area (TPSA) is 65.0 Å². The van der Waals surface area contributed by atoms with Crippen molar-refractivity contribution in [2.45, 2.75) is 18.4 Å². The highest BCUT2D eigenvalue weighted by Crippen LogP contribution is 2.50. The standard InChI is InChI=1S/C32H26N4O2S2/c1-21-10-8-13-23(18-21)29(37)33-24-14-9-15-25(19-24)34-32-36(20-22-11-4-3-5-12-22)30(38)28(40-32)31-35(2)26-16-6-7-17-27(26)39-31/h3-19H,20H2,1-2H3,(H,33,37)/b31-28-,34-32?. The summed E-state index contributed by atoms with van der Waals surface area (Å²) in [6.45, 7) is 2.37. The molecule has 0 spiro atoms. The van der Waals surface area contributed by atoms with Crippen molar-refractivity contribution in [3.8, 4) is 0 Å². The molecule has 6 rings (SSSR count). The van der Waals surface area contributed by atoms with Gasteiger partial charge in [0.15, 0.2) is 5.17 Å². The van der Waals surface area contributed by atoms with Crippen molar-refractivity contribution in [2.24, 2.45) is 4.99 Å². The Balaban J connectivity index is 1.32. The van der Waals surface area contributed by atoms with E-state index in [1.54, 1.807) is 22.7 Å². The minimum Gasteiger partial charge on any atom is -0.337 e. The van der Waals surface area contributed by atoms with Crippen LogP contribution in [0.1, 0.15) is 21.5 Å². The quantitative estimate of drug-likeness (QED) is 0.257. The van der Waals surface area contributed by atoms with E-state index in [0.717, 1.165) is 26.7 Å². The zero-order chi connectivity index (χ0) is 27.6. The number of nitrogens with zero attached hydrogens (tertiary/aromatic N) is 3. The Morgan fingerprint density at radius 1 is 0.875 bits per heavy atom. The van der Waals surface area contributed by atoms with Crippen LogP contribution in [0.3, 0.4) is 0 Å². The van der Waals surface area contributed by atoms with Gasteiger partial charge in [0.05, 0.1) is 22.9 Å². The molecule has 2 heterocycles. The number of hydrogen-bond acceptors (Lipinski definition) is 6. The van der Waals surface area contributed by atoms with Crippen LogP contribution in [-0.4, -0.2) is 28.9 Å². The second-order valence-corrected chi connectivity index (χ2v) is 11.5. The normalized spacial score (nSPS) is 17.4. The van der Waals surface area contributed by atoms with Gasteiger partial charge in [-0.3, -0.25) is 14.5 Å². The van der Waals surface area contributed by atoms with Crippen molar-refractivity contribution in [1.82, 2.24) is 4.90 Å². The van der Waals surface area contributed by atoms with E-state index < -0.39 is 0 Å². The minimum atomic E-state index is -0.183. The number of aliphatic imine (C=N–C) groups is 1. The summed E-state index contributed by atoms with van der Waals surface area (Å²) in [5.74, 6) is -0.254. The highest BCUT2D eigenvalue weighted by atomic mass is 32.2. The van der Waals surface area contributed by atoms with Gasteiger partial charge in [0.25, 0.3) is 11.8 Å². The number of anilines is 2. The number of aryl methyl sites for hydroxylation is 1. The third-order valence-corrected chi connectivity index (χ3v) is 9.02. The number of amidine groups is 1. The van der Waals surface area contributed by atoms with Crippen molar-refractivity contribution < 1.29 is 9.59 Å². The largest absolute Gasteiger partial charge is 0.337 e. The van der Waals surface area contributed by atoms with Gasteiger partial charge < -0.3 is 10.2 Å². The molecule has 8 heteroatoms. The van der Waals surface area contributed by atoms with Crippen LogP contribution in [-0.2, 0) is 11.3 Å². The summed E-state index contributed by atoms with van der Waals surface area (Å²) in [6, 6.07) is 32.9. The van der Waals surface area contributed by atoms with Crippen LogP contribution >= 0.6 is 23.5 Å². The van der Waals surface area contributed by atoms with Crippen molar-refractivity contribution in [2.75, 3.05) is 17.3 Å². The maximum absolute atomic E-state index is 13.9. The SMILES string of the molecule is Cc1cccc(C(=O)Nc2cccc(N=C3S/C(=C4\Sc5ccccc5N4C)C(=O)N3Cc3ccccc3)c2)c1. The Kier molecular flexibility index (Phi) is 7.19. The van der Waals surface area contributed by atoms with Gasteiger partial charge >= 0.3 is 0 Å². The van der Waals surface area contributed by atoms with E-state index in [9.17, 15) is 9.59 Å². The van der Waals surface area contributed by atoms with Gasteiger partial charge in [0.1, 0.15) is 4.91 Å². The predicted octanol–water partition coefficient (Wildman–Crippen LogP) is 7.42. The number of amides is 2. The number of thioether (sulfide) groups is 2. The van der Waals surface area contributed by atoms with Crippen LogP contribution in [0, 0.1) is 6.92 Å². The molecule has 2 aliphatic heterocycles. The van der Waals surface area contributed by atoms with Gasteiger partial charge in [-0.1, -0.05) is 78.0 Å². The highest BCUT2D eigenvalue weighted by molar-refractivity contribution is 8.19. The monoisotopic (exact) mass is 562 g/mol. The molecule has 4 aromatic rings. The zero-order valence-corrected chi connectivity index (χ0v) is 23.6. The lowest BCUT2D eigenvalue weighted by molar-refractivity contribution is -0.122. The first-order valence-corrected chi connectivity index (χ1v) is 14.4. The zero-order valence-electron chi connectivity index (χ0n) is 22.0. The molecule has 0 unspecified atom stereocenters. The Hall–Kier alpha value is -4.27. The van der Waals surface area contributed by atoms with Gasteiger partial charge in [0.2, 0.25) is 0 Å². The Labute approximate surface area is 241 Å². The van der Waals surface area contributed by atoms with E-state index in [1.807, 2.05) is 98.9 Å². The lowest BCUT2D eigenvalue weighted by atomic mass is 10.1. The third-order valence-electron chi connectivity index (χ3n) is 6.59. The van der Waals surface area contributed by atoms with Crippen LogP contribution < -0.4 is 10.2 Å². The van der Waals surface area contributed by atoms with Gasteiger partial charge in [-0.05, 0) is 66.7 Å². The second kappa shape index (κ2) is 11.1. The summed E-state index contributed by atoms with van der Waals surface area (Å²) in [5.41, 5.74) is 5.01. The third kappa shape index (κ3) is 5.28. The van der Waals surface area contributed by atoms with Crippen LogP contribution in [0.25, 0.3) is 0 Å². The van der Waals surface area contributed by atoms with Gasteiger partial charge in [0, 0.05) is 23.2 Å². The van der Waals surface area contributed by atoms with E-state index in [0.29, 0.717) is 33.6 Å². The van der Waals surface area contributed by atoms with Crippen LogP contribution in [0.15, 0.2) is 123 Å². The van der Waals surface area contributed by atoms with Crippen molar-refractivity contribution in [3.05, 3.63) is 130 Å². The van der Waals surface area contributed by atoms with Crippen LogP contribution in [0.4, 0.5) is 17.1 Å². The molecule has 40 heavy (non-hydrogen) atoms. The number of carbonyl (C=O) groups excluding carboxylic acids is 2. The van der Waals surface area contributed by atoms with Crippen molar-refractivity contribution >= 4 is 57.6 Å². The first-order valence-electron chi connectivity index (χ1n) is 12.8. The van der Waals surface area contributed by atoms with E-state index in [1.165, 1.54) is 11.8 Å². The number of carbonyl (C=O) groups is 2. The van der Waals surface area contributed by atoms with Crippen LogP contribution in [0.5, 0.6) is 0 Å². The van der Waals surface area contributed by atoms with E-state index in [4.69, 9.17) is 4.99 Å². The molecule has 4 aromatic carbocycles. The summed E-state index contributed by atoms with van der Waals surface area (Å²) in [4.78, 5) is 37.2. The highest BCUT2D eigenvalue weighted by Gasteiger charge is 2.39. The molecular formula is C32H26N4O2S2. The summed E-state index contributed by atoms with van der Waals surface area (Å²) >= 11 is 2.99. The molecule has 0 bridgehead atoms. The second-order valence-electron chi connectivity index (χ2n) is 9.51. The van der Waals surface area contributed by atoms with E-state index >= 15 is 0 Å². The number of fused-ring (bicyclic) bond motifs is 1. The number of para-hydroxylation sites is 1. The van der Waals surface area contributed by atoms with Gasteiger partial charge in [-0.15, -0.1) is 0 Å². The summed E-state index contributed by atoms with van der Waals surface area (Å²) in [5, 5.41) is 4.47. The number of nitrogens with one attached hydrogen (secondary N) is 1. The lowest BCUT2D eigenvalue weighted by Crippen LogP contribution is -2.29.